The largest absolute Gasteiger partial charge is 0.443 e. The van der Waals surface area contributed by atoms with Crippen LogP contribution in [0.5, 0.6) is 0 Å². The fourth-order valence-corrected chi connectivity index (χ4v) is 1.79. The molecule has 0 radical (unpaired) electrons. The van der Waals surface area contributed by atoms with E-state index in [1.165, 1.54) is 0 Å². The molecule has 4 N–H and O–H groups in total. The second kappa shape index (κ2) is 5.09. The van der Waals surface area contributed by atoms with E-state index in [1.807, 2.05) is 0 Å². The molecule has 0 saturated carbocycles. The van der Waals surface area contributed by atoms with Crippen molar-refractivity contribution < 1.29 is 23.4 Å². The predicted octanol–water partition coefficient (Wildman–Crippen LogP) is 0.905. The molecule has 92 valence electrons. The van der Waals surface area contributed by atoms with Crippen LogP contribution in [0.25, 0.3) is 0 Å². The van der Waals surface area contributed by atoms with Crippen molar-refractivity contribution in [3.8, 4) is 0 Å². The van der Waals surface area contributed by atoms with Gasteiger partial charge < -0.3 is 15.9 Å². The highest BCUT2D eigenvalue weighted by atomic mass is 32.1. The average Bonchev–Trinajstić information content (AvgIpc) is 2.65. The van der Waals surface area contributed by atoms with E-state index >= 15 is 0 Å². The van der Waals surface area contributed by atoms with Crippen LogP contribution in [0.2, 0.25) is 0 Å². The van der Waals surface area contributed by atoms with E-state index in [0.29, 0.717) is 11.3 Å². The lowest BCUT2D eigenvalue weighted by Crippen LogP contribution is -2.29. The zero-order valence-electron chi connectivity index (χ0n) is 8.11. The van der Waals surface area contributed by atoms with Crippen molar-refractivity contribution in [2.24, 2.45) is 5.73 Å². The Morgan fingerprint density at radius 2 is 2.12 bits per heavy atom. The van der Waals surface area contributed by atoms with Gasteiger partial charge in [0.1, 0.15) is 6.10 Å². The Kier molecular flexibility index (Phi) is 4.25. The fourth-order valence-electron chi connectivity index (χ4n) is 1.08. The van der Waals surface area contributed by atoms with E-state index in [0.717, 1.165) is 5.38 Å². The molecule has 0 aromatic carbocycles. The maximum atomic E-state index is 12.2. The second-order valence-corrected chi connectivity index (χ2v) is 4.05. The number of alkyl halides is 3. The minimum Gasteiger partial charge on any atom is -0.396 e. The second-order valence-electron chi connectivity index (χ2n) is 3.20. The maximum Gasteiger partial charge on any atom is 0.443 e. The predicted molar refractivity (Wildman–Crippen MR) is 51.8 cm³/mol. The third kappa shape index (κ3) is 3.14. The van der Waals surface area contributed by atoms with Gasteiger partial charge in [0.2, 0.25) is 0 Å². The summed E-state index contributed by atoms with van der Waals surface area (Å²) in [6.07, 6.45) is -5.71. The molecule has 0 bridgehead atoms. The average molecular weight is 256 g/mol. The maximum absolute atomic E-state index is 12.2. The lowest BCUT2D eigenvalue weighted by molar-refractivity contribution is -0.137. The summed E-state index contributed by atoms with van der Waals surface area (Å²) in [6.45, 7) is -0.242. The van der Waals surface area contributed by atoms with Gasteiger partial charge in [-0.15, -0.1) is 11.3 Å². The van der Waals surface area contributed by atoms with Crippen molar-refractivity contribution in [1.82, 2.24) is 4.98 Å². The first-order chi connectivity index (χ1) is 7.36. The van der Waals surface area contributed by atoms with Gasteiger partial charge in [-0.25, -0.2) is 4.98 Å². The van der Waals surface area contributed by atoms with Crippen LogP contribution in [0.15, 0.2) is 5.38 Å². The monoisotopic (exact) mass is 256 g/mol. The molecule has 16 heavy (non-hydrogen) atoms. The van der Waals surface area contributed by atoms with Gasteiger partial charge in [0, 0.05) is 18.0 Å². The summed E-state index contributed by atoms with van der Waals surface area (Å²) in [5.41, 5.74) is 5.34. The van der Waals surface area contributed by atoms with Crippen LogP contribution in [-0.4, -0.2) is 27.8 Å². The Morgan fingerprint density at radius 3 is 2.56 bits per heavy atom. The first kappa shape index (κ1) is 13.4. The van der Waals surface area contributed by atoms with E-state index < -0.39 is 23.3 Å². The zero-order valence-corrected chi connectivity index (χ0v) is 8.92. The number of rotatable bonds is 4. The molecule has 0 fully saturated rings. The number of thiazole rings is 1. The minimum absolute atomic E-state index is 0.0973. The Labute approximate surface area is 93.5 Å². The first-order valence-corrected chi connectivity index (χ1v) is 5.31. The van der Waals surface area contributed by atoms with Gasteiger partial charge in [0.05, 0.1) is 5.69 Å². The summed E-state index contributed by atoms with van der Waals surface area (Å²) >= 11 is 0.406. The minimum atomic E-state index is -4.51. The first-order valence-electron chi connectivity index (χ1n) is 4.43. The van der Waals surface area contributed by atoms with Gasteiger partial charge >= 0.3 is 6.18 Å². The molecule has 1 heterocycles. The van der Waals surface area contributed by atoms with Crippen LogP contribution in [0.1, 0.15) is 23.2 Å². The molecule has 1 aromatic heterocycles. The van der Waals surface area contributed by atoms with Crippen molar-refractivity contribution in [3.05, 3.63) is 16.1 Å². The number of nitrogens with zero attached hydrogens (tertiary/aromatic N) is 1. The van der Waals surface area contributed by atoms with E-state index in [2.05, 4.69) is 4.98 Å². The topological polar surface area (TPSA) is 79.4 Å². The highest BCUT2D eigenvalue weighted by Crippen LogP contribution is 2.33. The van der Waals surface area contributed by atoms with Crippen molar-refractivity contribution in [1.29, 1.82) is 0 Å². The van der Waals surface area contributed by atoms with E-state index in [1.54, 1.807) is 0 Å². The molecular formula is C8H11F3N2O2S. The Hall–Kier alpha value is -0.700. The number of hydrogen-bond acceptors (Lipinski definition) is 5. The molecule has 1 aromatic rings. The van der Waals surface area contributed by atoms with Crippen molar-refractivity contribution in [3.63, 3.8) is 0 Å². The summed E-state index contributed by atoms with van der Waals surface area (Å²) in [4.78, 5) is 3.27. The standard InChI is InChI=1S/C8H11F3N2O2S/c9-8(10,11)7-13-5(3-16-7)6(15)4(12)1-2-14/h3-4,6,14-15H,1-2,12H2. The summed E-state index contributed by atoms with van der Waals surface area (Å²) in [7, 11) is 0. The highest BCUT2D eigenvalue weighted by Gasteiger charge is 2.35. The zero-order chi connectivity index (χ0) is 12.3. The molecule has 8 heteroatoms. The summed E-state index contributed by atoms with van der Waals surface area (Å²) in [5.74, 6) is 0. The van der Waals surface area contributed by atoms with Gasteiger partial charge in [-0.3, -0.25) is 0 Å². The summed E-state index contributed by atoms with van der Waals surface area (Å²) < 4.78 is 36.6. The van der Waals surface area contributed by atoms with Crippen LogP contribution in [0, 0.1) is 0 Å². The quantitative estimate of drug-likeness (QED) is 0.748. The molecule has 2 atom stereocenters. The molecular weight excluding hydrogens is 245 g/mol. The number of hydrogen-bond donors (Lipinski definition) is 3. The van der Waals surface area contributed by atoms with Crippen molar-refractivity contribution >= 4 is 11.3 Å². The highest BCUT2D eigenvalue weighted by molar-refractivity contribution is 7.09. The van der Waals surface area contributed by atoms with Crippen LogP contribution in [0.4, 0.5) is 13.2 Å². The smallest absolute Gasteiger partial charge is 0.396 e. The molecule has 0 aliphatic carbocycles. The number of nitrogens with two attached hydrogens (primary N) is 1. The SMILES string of the molecule is NC(CCO)C(O)c1csc(C(F)(F)F)n1. The van der Waals surface area contributed by atoms with Gasteiger partial charge in [-0.2, -0.15) is 13.2 Å². The summed E-state index contributed by atoms with van der Waals surface area (Å²) in [6, 6.07) is -0.826. The number of aliphatic hydroxyl groups excluding tert-OH is 2. The molecule has 2 unspecified atom stereocenters. The molecule has 0 aliphatic rings. The molecule has 4 nitrogen and oxygen atoms in total. The molecule has 0 amide bonds. The Bertz CT molecular complexity index is 342. The van der Waals surface area contributed by atoms with Gasteiger partial charge in [-0.05, 0) is 6.42 Å². The van der Waals surface area contributed by atoms with Crippen molar-refractivity contribution in [2.75, 3.05) is 6.61 Å². The molecule has 0 aliphatic heterocycles. The van der Waals surface area contributed by atoms with E-state index in [4.69, 9.17) is 10.8 Å². The van der Waals surface area contributed by atoms with E-state index in [-0.39, 0.29) is 18.7 Å². The Morgan fingerprint density at radius 1 is 1.50 bits per heavy atom. The Balaban J connectivity index is 2.78. The lowest BCUT2D eigenvalue weighted by Gasteiger charge is -2.15. The molecule has 0 saturated heterocycles. The summed E-state index contributed by atoms with van der Waals surface area (Å²) in [5, 5.41) is 18.2. The van der Waals surface area contributed by atoms with Gasteiger partial charge in [0.25, 0.3) is 0 Å². The lowest BCUT2D eigenvalue weighted by atomic mass is 10.1. The number of aromatic nitrogens is 1. The third-order valence-electron chi connectivity index (χ3n) is 1.94. The van der Waals surface area contributed by atoms with Gasteiger partial charge in [-0.1, -0.05) is 0 Å². The van der Waals surface area contributed by atoms with E-state index in [9.17, 15) is 18.3 Å². The normalized spacial score (nSPS) is 16.1. The third-order valence-corrected chi connectivity index (χ3v) is 2.84. The molecule has 1 rings (SSSR count). The van der Waals surface area contributed by atoms with Crippen LogP contribution < -0.4 is 5.73 Å². The van der Waals surface area contributed by atoms with Crippen molar-refractivity contribution in [2.45, 2.75) is 24.7 Å². The number of aliphatic hydroxyl groups is 2. The van der Waals surface area contributed by atoms with Crippen LogP contribution in [-0.2, 0) is 6.18 Å². The fraction of sp³-hybridized carbons (Fsp3) is 0.625. The molecule has 0 spiro atoms. The van der Waals surface area contributed by atoms with Gasteiger partial charge in [0.15, 0.2) is 5.01 Å². The van der Waals surface area contributed by atoms with Crippen LogP contribution in [0.3, 0.4) is 0 Å². The van der Waals surface area contributed by atoms with Crippen LogP contribution >= 0.6 is 11.3 Å². The number of halogens is 3.